The summed E-state index contributed by atoms with van der Waals surface area (Å²) in [5.41, 5.74) is -0.0976. The molecule has 0 spiro atoms. The van der Waals surface area contributed by atoms with Crippen molar-refractivity contribution in [2.75, 3.05) is 38.2 Å². The van der Waals surface area contributed by atoms with Gasteiger partial charge in [0, 0.05) is 38.5 Å². The number of rotatable bonds is 6. The van der Waals surface area contributed by atoms with Crippen LogP contribution in [0.5, 0.6) is 11.5 Å². The summed E-state index contributed by atoms with van der Waals surface area (Å²) in [6.07, 6.45) is -0.554. The molecule has 1 aliphatic rings. The Bertz CT molecular complexity index is 1000. The number of benzene rings is 1. The van der Waals surface area contributed by atoms with Crippen molar-refractivity contribution in [1.82, 2.24) is 9.88 Å². The number of hydrogen-bond donors (Lipinski definition) is 0. The van der Waals surface area contributed by atoms with Gasteiger partial charge in [-0.05, 0) is 49.8 Å². The van der Waals surface area contributed by atoms with Gasteiger partial charge in [0.2, 0.25) is 5.91 Å². The minimum atomic E-state index is -4.42. The molecular formula is C23H25ClF3N3O3. The van der Waals surface area contributed by atoms with Gasteiger partial charge in [-0.3, -0.25) is 4.79 Å². The maximum absolute atomic E-state index is 12.7. The SMILES string of the molecule is COc1cc(/C=C/C(=O)N2CCN(c3ccc(C(F)(F)F)cn3)CC2)cc(Cl)c1OC(C)C. The molecule has 0 saturated carbocycles. The van der Waals surface area contributed by atoms with Gasteiger partial charge in [0.15, 0.2) is 11.5 Å². The molecule has 0 unspecified atom stereocenters. The summed E-state index contributed by atoms with van der Waals surface area (Å²) in [6, 6.07) is 5.80. The molecule has 0 bridgehead atoms. The third-order valence-electron chi connectivity index (χ3n) is 5.01. The average Bonchev–Trinajstić information content (AvgIpc) is 2.78. The van der Waals surface area contributed by atoms with Crippen LogP contribution in [0.2, 0.25) is 5.02 Å². The Morgan fingerprint density at radius 2 is 1.88 bits per heavy atom. The van der Waals surface area contributed by atoms with E-state index in [2.05, 4.69) is 4.98 Å². The fourth-order valence-corrected chi connectivity index (χ4v) is 3.62. The van der Waals surface area contributed by atoms with Crippen molar-refractivity contribution in [3.8, 4) is 11.5 Å². The number of carbonyl (C=O) groups is 1. The number of halogens is 4. The summed E-state index contributed by atoms with van der Waals surface area (Å²) in [4.78, 5) is 20.1. The Labute approximate surface area is 195 Å². The van der Waals surface area contributed by atoms with E-state index in [9.17, 15) is 18.0 Å². The quantitative estimate of drug-likeness (QED) is 0.546. The molecule has 1 fully saturated rings. The number of anilines is 1. The third-order valence-corrected chi connectivity index (χ3v) is 5.29. The van der Waals surface area contributed by atoms with Crippen LogP contribution < -0.4 is 14.4 Å². The normalized spacial score (nSPS) is 14.8. The van der Waals surface area contributed by atoms with Crippen molar-refractivity contribution in [3.63, 3.8) is 0 Å². The third kappa shape index (κ3) is 6.31. The Hall–Kier alpha value is -2.94. The van der Waals surface area contributed by atoms with Crippen molar-refractivity contribution in [2.24, 2.45) is 0 Å². The number of carbonyl (C=O) groups excluding carboxylic acids is 1. The lowest BCUT2D eigenvalue weighted by atomic mass is 10.1. The van der Waals surface area contributed by atoms with Gasteiger partial charge in [-0.25, -0.2) is 4.98 Å². The maximum atomic E-state index is 12.7. The van der Waals surface area contributed by atoms with Crippen molar-refractivity contribution >= 4 is 29.4 Å². The second kappa shape index (κ2) is 10.3. The van der Waals surface area contributed by atoms with Crippen LogP contribution in [-0.4, -0.2) is 55.2 Å². The van der Waals surface area contributed by atoms with Crippen LogP contribution in [0.15, 0.2) is 36.5 Å². The molecule has 3 rings (SSSR count). The van der Waals surface area contributed by atoms with Gasteiger partial charge in [-0.15, -0.1) is 0 Å². The van der Waals surface area contributed by atoms with Gasteiger partial charge in [0.05, 0.1) is 23.8 Å². The highest BCUT2D eigenvalue weighted by Gasteiger charge is 2.31. The number of hydrogen-bond acceptors (Lipinski definition) is 5. The van der Waals surface area contributed by atoms with Crippen LogP contribution in [0.3, 0.4) is 0 Å². The van der Waals surface area contributed by atoms with E-state index in [0.29, 0.717) is 54.1 Å². The van der Waals surface area contributed by atoms with Crippen molar-refractivity contribution < 1.29 is 27.4 Å². The molecule has 1 saturated heterocycles. The Kier molecular flexibility index (Phi) is 7.73. The van der Waals surface area contributed by atoms with Gasteiger partial charge in [-0.1, -0.05) is 11.6 Å². The number of amides is 1. The average molecular weight is 484 g/mol. The highest BCUT2D eigenvalue weighted by Crippen LogP contribution is 2.37. The summed E-state index contributed by atoms with van der Waals surface area (Å²) in [5, 5.41) is 0.382. The summed E-state index contributed by atoms with van der Waals surface area (Å²) in [6.45, 7) is 5.57. The van der Waals surface area contributed by atoms with Crippen molar-refractivity contribution in [3.05, 3.63) is 52.7 Å². The molecule has 6 nitrogen and oxygen atoms in total. The second-order valence-electron chi connectivity index (χ2n) is 7.75. The second-order valence-corrected chi connectivity index (χ2v) is 8.16. The molecule has 2 heterocycles. The number of nitrogens with zero attached hydrogens (tertiary/aromatic N) is 3. The predicted octanol–water partition coefficient (Wildman–Crippen LogP) is 4.91. The lowest BCUT2D eigenvalue weighted by molar-refractivity contribution is -0.137. The zero-order valence-electron chi connectivity index (χ0n) is 18.5. The number of pyridine rings is 1. The summed E-state index contributed by atoms with van der Waals surface area (Å²) in [5.74, 6) is 1.20. The minimum absolute atomic E-state index is 0.0733. The molecule has 0 atom stereocenters. The summed E-state index contributed by atoms with van der Waals surface area (Å²) >= 11 is 6.32. The fourth-order valence-electron chi connectivity index (χ4n) is 3.36. The van der Waals surface area contributed by atoms with Crippen LogP contribution >= 0.6 is 11.6 Å². The molecule has 1 aromatic carbocycles. The van der Waals surface area contributed by atoms with Gasteiger partial charge in [0.25, 0.3) is 0 Å². The topological polar surface area (TPSA) is 54.9 Å². The van der Waals surface area contributed by atoms with Crippen LogP contribution in [0, 0.1) is 0 Å². The van der Waals surface area contributed by atoms with E-state index in [1.165, 1.54) is 19.3 Å². The van der Waals surface area contributed by atoms with Crippen molar-refractivity contribution in [1.29, 1.82) is 0 Å². The van der Waals surface area contributed by atoms with Crippen LogP contribution in [-0.2, 0) is 11.0 Å². The van der Waals surface area contributed by atoms with E-state index in [-0.39, 0.29) is 12.0 Å². The van der Waals surface area contributed by atoms with Crippen LogP contribution in [0.1, 0.15) is 25.0 Å². The molecule has 10 heteroatoms. The predicted molar refractivity (Wildman–Crippen MR) is 121 cm³/mol. The van der Waals surface area contributed by atoms with Gasteiger partial charge in [0.1, 0.15) is 5.82 Å². The van der Waals surface area contributed by atoms with E-state index in [1.807, 2.05) is 18.7 Å². The summed E-state index contributed by atoms with van der Waals surface area (Å²) in [7, 11) is 1.52. The molecule has 1 aromatic heterocycles. The van der Waals surface area contributed by atoms with Gasteiger partial charge < -0.3 is 19.3 Å². The number of methoxy groups -OCH3 is 1. The molecule has 178 valence electrons. The van der Waals surface area contributed by atoms with E-state index in [0.717, 1.165) is 12.3 Å². The number of aromatic nitrogens is 1. The highest BCUT2D eigenvalue weighted by molar-refractivity contribution is 6.32. The first kappa shape index (κ1) is 24.7. The zero-order chi connectivity index (χ0) is 24.2. The molecule has 1 aliphatic heterocycles. The maximum Gasteiger partial charge on any atom is 0.417 e. The number of ether oxygens (including phenoxy) is 2. The Morgan fingerprint density at radius 3 is 2.42 bits per heavy atom. The van der Waals surface area contributed by atoms with Crippen LogP contribution in [0.25, 0.3) is 6.08 Å². The smallest absolute Gasteiger partial charge is 0.417 e. The molecule has 1 amide bonds. The minimum Gasteiger partial charge on any atom is -0.493 e. The lowest BCUT2D eigenvalue weighted by Crippen LogP contribution is -2.48. The van der Waals surface area contributed by atoms with Gasteiger partial charge >= 0.3 is 6.18 Å². The van der Waals surface area contributed by atoms with Crippen LogP contribution in [0.4, 0.5) is 19.0 Å². The molecule has 0 aliphatic carbocycles. The first-order chi connectivity index (χ1) is 15.6. The highest BCUT2D eigenvalue weighted by atomic mass is 35.5. The largest absolute Gasteiger partial charge is 0.493 e. The molecule has 0 N–H and O–H groups in total. The standard InChI is InChI=1S/C23H25ClF3N3O3/c1-15(2)33-22-18(24)12-16(13-19(22)32-3)4-7-21(31)30-10-8-29(9-11-30)20-6-5-17(14-28-20)23(25,26)27/h4-7,12-15H,8-11H2,1-3H3/b7-4+. The zero-order valence-corrected chi connectivity index (χ0v) is 19.3. The van der Waals surface area contributed by atoms with Gasteiger partial charge in [-0.2, -0.15) is 13.2 Å². The monoisotopic (exact) mass is 483 g/mol. The lowest BCUT2D eigenvalue weighted by Gasteiger charge is -2.35. The Morgan fingerprint density at radius 1 is 1.18 bits per heavy atom. The molecular weight excluding hydrogens is 459 g/mol. The number of piperazine rings is 1. The molecule has 0 radical (unpaired) electrons. The van der Waals surface area contributed by atoms with E-state index in [4.69, 9.17) is 21.1 Å². The molecule has 2 aromatic rings. The van der Waals surface area contributed by atoms with E-state index >= 15 is 0 Å². The van der Waals surface area contributed by atoms with E-state index < -0.39 is 11.7 Å². The first-order valence-corrected chi connectivity index (χ1v) is 10.8. The first-order valence-electron chi connectivity index (χ1n) is 10.4. The van der Waals surface area contributed by atoms with E-state index in [1.54, 1.807) is 23.1 Å². The number of alkyl halides is 3. The van der Waals surface area contributed by atoms with Crippen molar-refractivity contribution in [2.45, 2.75) is 26.1 Å². The summed E-state index contributed by atoms with van der Waals surface area (Å²) < 4.78 is 49.2. The fraction of sp³-hybridized carbons (Fsp3) is 0.391. The Balaban J connectivity index is 1.60. The molecule has 33 heavy (non-hydrogen) atoms.